The predicted octanol–water partition coefficient (Wildman–Crippen LogP) is 3.89. The maximum absolute atomic E-state index is 12.3. The van der Waals surface area contributed by atoms with Gasteiger partial charge in [-0.3, -0.25) is 4.79 Å². The molecule has 0 aliphatic carbocycles. The monoisotopic (exact) mass is 332 g/mol. The molecule has 1 fully saturated rings. The van der Waals surface area contributed by atoms with Gasteiger partial charge in [0.2, 0.25) is 5.91 Å². The molecule has 4 rings (SSSR count). The number of amides is 1. The van der Waals surface area contributed by atoms with Gasteiger partial charge in [-0.1, -0.05) is 69.3 Å². The molecule has 3 heteroatoms. The molecule has 1 unspecified atom stereocenters. The van der Waals surface area contributed by atoms with Crippen molar-refractivity contribution in [2.24, 2.45) is 0 Å². The predicted molar refractivity (Wildman–Crippen MR) is 103 cm³/mol. The summed E-state index contributed by atoms with van der Waals surface area (Å²) in [7, 11) is 0. The molecule has 2 aliphatic heterocycles. The summed E-state index contributed by atoms with van der Waals surface area (Å²) in [6, 6.07) is 17.0. The summed E-state index contributed by atoms with van der Waals surface area (Å²) in [4.78, 5) is 14.5. The molecule has 1 atom stereocenters. The Morgan fingerprint density at radius 3 is 2.56 bits per heavy atom. The van der Waals surface area contributed by atoms with Crippen molar-refractivity contribution in [3.63, 3.8) is 0 Å². The SMILES string of the molecule is CCc1ccc(/C=C/C23NC(=O)CN2c2ccccc2C3(C)C)cc1. The summed E-state index contributed by atoms with van der Waals surface area (Å²) in [6.07, 6.45) is 5.34. The van der Waals surface area contributed by atoms with Gasteiger partial charge in [0.1, 0.15) is 5.66 Å². The fourth-order valence-electron chi connectivity index (χ4n) is 4.22. The number of carbonyl (C=O) groups excluding carboxylic acids is 1. The summed E-state index contributed by atoms with van der Waals surface area (Å²) < 4.78 is 0. The number of para-hydroxylation sites is 1. The number of nitrogens with one attached hydrogen (secondary N) is 1. The second-order valence-electron chi connectivity index (χ2n) is 7.47. The first-order valence-electron chi connectivity index (χ1n) is 8.94. The normalized spacial score (nSPS) is 23.6. The van der Waals surface area contributed by atoms with Crippen molar-refractivity contribution in [2.45, 2.75) is 38.3 Å². The maximum Gasteiger partial charge on any atom is 0.241 e. The summed E-state index contributed by atoms with van der Waals surface area (Å²) in [5, 5.41) is 3.26. The van der Waals surface area contributed by atoms with Crippen LogP contribution >= 0.6 is 0 Å². The van der Waals surface area contributed by atoms with Crippen molar-refractivity contribution < 1.29 is 4.79 Å². The number of anilines is 1. The molecule has 0 saturated carbocycles. The summed E-state index contributed by atoms with van der Waals surface area (Å²) in [6.45, 7) is 6.98. The molecule has 2 aromatic rings. The third-order valence-corrected chi connectivity index (χ3v) is 5.78. The average Bonchev–Trinajstić information content (AvgIpc) is 3.05. The first-order chi connectivity index (χ1) is 12.0. The Bertz CT molecular complexity index is 851. The highest BCUT2D eigenvalue weighted by atomic mass is 16.2. The van der Waals surface area contributed by atoms with Crippen LogP contribution in [0.1, 0.15) is 37.5 Å². The number of benzene rings is 2. The zero-order valence-corrected chi connectivity index (χ0v) is 15.0. The number of carbonyl (C=O) groups is 1. The Hall–Kier alpha value is -2.55. The van der Waals surface area contributed by atoms with Crippen LogP contribution in [0.25, 0.3) is 6.08 Å². The number of aryl methyl sites for hydroxylation is 1. The van der Waals surface area contributed by atoms with Gasteiger partial charge in [0.05, 0.1) is 6.54 Å². The van der Waals surface area contributed by atoms with E-state index >= 15 is 0 Å². The quantitative estimate of drug-likeness (QED) is 0.925. The fourth-order valence-corrected chi connectivity index (χ4v) is 4.22. The summed E-state index contributed by atoms with van der Waals surface area (Å²) in [5.74, 6) is 0.0774. The van der Waals surface area contributed by atoms with Crippen LogP contribution in [-0.2, 0) is 16.6 Å². The minimum absolute atomic E-state index is 0.0774. The first-order valence-corrected chi connectivity index (χ1v) is 8.94. The van der Waals surface area contributed by atoms with Crippen LogP contribution < -0.4 is 10.2 Å². The Morgan fingerprint density at radius 2 is 1.84 bits per heavy atom. The van der Waals surface area contributed by atoms with Crippen LogP contribution in [0.3, 0.4) is 0 Å². The van der Waals surface area contributed by atoms with Crippen LogP contribution in [0.15, 0.2) is 54.6 Å². The lowest BCUT2D eigenvalue weighted by molar-refractivity contribution is -0.118. The molecule has 1 saturated heterocycles. The van der Waals surface area contributed by atoms with E-state index in [4.69, 9.17) is 0 Å². The maximum atomic E-state index is 12.3. The van der Waals surface area contributed by atoms with Crippen LogP contribution in [-0.4, -0.2) is 18.1 Å². The van der Waals surface area contributed by atoms with E-state index < -0.39 is 5.66 Å². The van der Waals surface area contributed by atoms with E-state index in [2.05, 4.69) is 85.6 Å². The zero-order valence-electron chi connectivity index (χ0n) is 15.0. The number of hydrogen-bond donors (Lipinski definition) is 1. The molecule has 0 spiro atoms. The van der Waals surface area contributed by atoms with Crippen LogP contribution in [0.5, 0.6) is 0 Å². The van der Waals surface area contributed by atoms with Gasteiger partial charge in [-0.2, -0.15) is 0 Å². The standard InChI is InChI=1S/C22H24N2O/c1-4-16-9-11-17(12-10-16)13-14-22-21(2,3)18-7-5-6-8-19(18)24(22)15-20(25)23-22/h5-14H,4,15H2,1-3H3,(H,23,25)/b14-13+. The highest BCUT2D eigenvalue weighted by Gasteiger charge is 2.59. The molecule has 1 amide bonds. The molecular formula is C22H24N2O. The lowest BCUT2D eigenvalue weighted by atomic mass is 9.75. The third-order valence-electron chi connectivity index (χ3n) is 5.78. The molecule has 25 heavy (non-hydrogen) atoms. The smallest absolute Gasteiger partial charge is 0.241 e. The van der Waals surface area contributed by atoms with Gasteiger partial charge >= 0.3 is 0 Å². The number of fused-ring (bicyclic) bond motifs is 3. The molecule has 2 aliphatic rings. The largest absolute Gasteiger partial charge is 0.335 e. The zero-order chi connectivity index (χ0) is 17.7. The fraction of sp³-hybridized carbons (Fsp3) is 0.318. The first kappa shape index (κ1) is 15.9. The molecule has 3 nitrogen and oxygen atoms in total. The molecule has 0 aromatic heterocycles. The Morgan fingerprint density at radius 1 is 1.12 bits per heavy atom. The molecule has 2 aromatic carbocycles. The Labute approximate surface area is 149 Å². The van der Waals surface area contributed by atoms with Gasteiger partial charge in [-0.25, -0.2) is 0 Å². The topological polar surface area (TPSA) is 32.3 Å². The van der Waals surface area contributed by atoms with Gasteiger partial charge in [-0.15, -0.1) is 0 Å². The van der Waals surface area contributed by atoms with Crippen LogP contribution in [0.2, 0.25) is 0 Å². The van der Waals surface area contributed by atoms with Crippen LogP contribution in [0.4, 0.5) is 5.69 Å². The molecule has 128 valence electrons. The van der Waals surface area contributed by atoms with Crippen molar-refractivity contribution >= 4 is 17.7 Å². The second-order valence-corrected chi connectivity index (χ2v) is 7.47. The number of rotatable bonds is 3. The Kier molecular flexibility index (Phi) is 3.50. The van der Waals surface area contributed by atoms with Crippen molar-refractivity contribution in [3.05, 3.63) is 71.3 Å². The number of nitrogens with zero attached hydrogens (tertiary/aromatic N) is 1. The van der Waals surface area contributed by atoms with Gasteiger partial charge < -0.3 is 10.2 Å². The Balaban J connectivity index is 1.78. The lowest BCUT2D eigenvalue weighted by Crippen LogP contribution is -2.58. The minimum atomic E-state index is -0.517. The van der Waals surface area contributed by atoms with Crippen LogP contribution in [0, 0.1) is 0 Å². The summed E-state index contributed by atoms with van der Waals surface area (Å²) in [5.41, 5.74) is 4.18. The molecule has 0 radical (unpaired) electrons. The lowest BCUT2D eigenvalue weighted by Gasteiger charge is -2.40. The van der Waals surface area contributed by atoms with Gasteiger partial charge in [0, 0.05) is 11.1 Å². The molecule has 1 N–H and O–H groups in total. The van der Waals surface area contributed by atoms with Gasteiger partial charge in [-0.05, 0) is 35.3 Å². The van der Waals surface area contributed by atoms with E-state index in [-0.39, 0.29) is 11.3 Å². The summed E-state index contributed by atoms with van der Waals surface area (Å²) >= 11 is 0. The average molecular weight is 332 g/mol. The van der Waals surface area contributed by atoms with E-state index in [0.29, 0.717) is 6.54 Å². The van der Waals surface area contributed by atoms with Gasteiger partial charge in [0.15, 0.2) is 0 Å². The van der Waals surface area contributed by atoms with Crippen molar-refractivity contribution in [3.8, 4) is 0 Å². The second kappa shape index (κ2) is 5.48. The van der Waals surface area contributed by atoms with Crippen molar-refractivity contribution in [1.29, 1.82) is 0 Å². The minimum Gasteiger partial charge on any atom is -0.335 e. The van der Waals surface area contributed by atoms with Crippen molar-refractivity contribution in [2.75, 3.05) is 11.4 Å². The molecular weight excluding hydrogens is 308 g/mol. The van der Waals surface area contributed by atoms with E-state index in [1.807, 2.05) is 6.07 Å². The molecule has 0 bridgehead atoms. The van der Waals surface area contributed by atoms with Crippen molar-refractivity contribution in [1.82, 2.24) is 5.32 Å². The van der Waals surface area contributed by atoms with E-state index in [1.54, 1.807) is 0 Å². The molecule has 2 heterocycles. The highest BCUT2D eigenvalue weighted by molar-refractivity contribution is 5.91. The van der Waals surface area contributed by atoms with E-state index in [0.717, 1.165) is 17.7 Å². The van der Waals surface area contributed by atoms with E-state index in [9.17, 15) is 4.79 Å². The number of hydrogen-bond acceptors (Lipinski definition) is 2. The highest BCUT2D eigenvalue weighted by Crippen LogP contribution is 2.52. The van der Waals surface area contributed by atoms with E-state index in [1.165, 1.54) is 11.1 Å². The third kappa shape index (κ3) is 2.22. The van der Waals surface area contributed by atoms with Gasteiger partial charge in [0.25, 0.3) is 0 Å².